The third-order valence-electron chi connectivity index (χ3n) is 4.96. The predicted molar refractivity (Wildman–Crippen MR) is 99.5 cm³/mol. The van der Waals surface area contributed by atoms with E-state index in [0.717, 1.165) is 24.9 Å². The van der Waals surface area contributed by atoms with Crippen LogP contribution in [-0.2, 0) is 17.8 Å². The smallest absolute Gasteiger partial charge is 0.0717 e. The van der Waals surface area contributed by atoms with Crippen LogP contribution < -0.4 is 0 Å². The first-order valence-corrected chi connectivity index (χ1v) is 9.21. The summed E-state index contributed by atoms with van der Waals surface area (Å²) in [5.41, 5.74) is 2.74. The van der Waals surface area contributed by atoms with Crippen LogP contribution in [0.2, 0.25) is 0 Å². The Morgan fingerprint density at radius 3 is 2.43 bits per heavy atom. The van der Waals surface area contributed by atoms with Crippen molar-refractivity contribution in [1.29, 1.82) is 0 Å². The second-order valence-corrected chi connectivity index (χ2v) is 6.79. The molecule has 2 rings (SSSR count). The molecule has 0 atom stereocenters. The average molecular weight is 312 g/mol. The molecule has 1 aliphatic carbocycles. The molecule has 1 aromatic rings. The Morgan fingerprint density at radius 2 is 1.78 bits per heavy atom. The van der Waals surface area contributed by atoms with E-state index < -0.39 is 0 Å². The molecule has 0 bridgehead atoms. The van der Waals surface area contributed by atoms with Gasteiger partial charge >= 0.3 is 0 Å². The molecule has 0 N–H and O–H groups in total. The van der Waals surface area contributed by atoms with Crippen molar-refractivity contribution >= 4 is 0 Å². The summed E-state index contributed by atoms with van der Waals surface area (Å²) in [5, 5.41) is 0. The number of rotatable bonds is 9. The van der Waals surface area contributed by atoms with Crippen LogP contribution in [-0.4, -0.2) is 6.61 Å². The molecule has 1 aliphatic rings. The van der Waals surface area contributed by atoms with E-state index in [2.05, 4.69) is 49.9 Å². The van der Waals surface area contributed by atoms with Crippen molar-refractivity contribution in [2.24, 2.45) is 11.8 Å². The summed E-state index contributed by atoms with van der Waals surface area (Å²) in [6.07, 6.45) is 15.6. The van der Waals surface area contributed by atoms with Crippen molar-refractivity contribution in [1.82, 2.24) is 0 Å². The van der Waals surface area contributed by atoms with Gasteiger partial charge < -0.3 is 4.74 Å². The lowest BCUT2D eigenvalue weighted by molar-refractivity contribution is 0.125. The van der Waals surface area contributed by atoms with Crippen molar-refractivity contribution in [3.8, 4) is 0 Å². The van der Waals surface area contributed by atoms with Crippen LogP contribution in [0.1, 0.15) is 56.6 Å². The second kappa shape index (κ2) is 10.4. The van der Waals surface area contributed by atoms with Gasteiger partial charge in [-0.25, -0.2) is 0 Å². The van der Waals surface area contributed by atoms with E-state index in [1.165, 1.54) is 49.7 Å². The van der Waals surface area contributed by atoms with E-state index in [9.17, 15) is 0 Å². The zero-order valence-corrected chi connectivity index (χ0v) is 14.7. The van der Waals surface area contributed by atoms with Crippen molar-refractivity contribution < 1.29 is 4.74 Å². The maximum atomic E-state index is 5.61. The van der Waals surface area contributed by atoms with Gasteiger partial charge in [-0.2, -0.15) is 0 Å². The molecule has 0 radical (unpaired) electrons. The number of ether oxygens (including phenoxy) is 1. The fourth-order valence-electron chi connectivity index (χ4n) is 3.47. The monoisotopic (exact) mass is 312 g/mol. The lowest BCUT2D eigenvalue weighted by Crippen LogP contribution is -2.13. The Hall–Kier alpha value is -1.34. The van der Waals surface area contributed by atoms with Gasteiger partial charge in [0.2, 0.25) is 0 Å². The van der Waals surface area contributed by atoms with Gasteiger partial charge in [-0.05, 0) is 74.8 Å². The third-order valence-corrected chi connectivity index (χ3v) is 4.96. The minimum atomic E-state index is 0.711. The standard InChI is InChI=1S/C22H32O/c1-3-5-17-23-18-22-15-13-21(14-16-22)12-11-20-9-7-19(6-4-2)8-10-20/h3-4,6,13-16,19-20H,1,5,7-12,17-18H2,2H3/b6-4-/t19-,20-. The van der Waals surface area contributed by atoms with Crippen LogP contribution in [0.4, 0.5) is 0 Å². The Labute approximate surface area is 142 Å². The van der Waals surface area contributed by atoms with Crippen molar-refractivity contribution in [2.75, 3.05) is 6.61 Å². The molecule has 1 fully saturated rings. The van der Waals surface area contributed by atoms with Crippen LogP contribution >= 0.6 is 0 Å². The number of hydrogen-bond donors (Lipinski definition) is 0. The summed E-state index contributed by atoms with van der Waals surface area (Å²) < 4.78 is 5.61. The minimum Gasteiger partial charge on any atom is -0.376 e. The molecular formula is C22H32O. The lowest BCUT2D eigenvalue weighted by atomic mass is 9.79. The molecule has 1 nitrogen and oxygen atoms in total. The first-order chi connectivity index (χ1) is 11.3. The van der Waals surface area contributed by atoms with E-state index in [4.69, 9.17) is 4.74 Å². The van der Waals surface area contributed by atoms with Gasteiger partial charge in [-0.1, -0.05) is 42.5 Å². The molecule has 0 heterocycles. The molecule has 0 aromatic heterocycles. The zero-order valence-electron chi connectivity index (χ0n) is 14.7. The average Bonchev–Trinajstić information content (AvgIpc) is 2.59. The fraction of sp³-hybridized carbons (Fsp3) is 0.545. The Bertz CT molecular complexity index is 463. The molecule has 0 saturated heterocycles. The fourth-order valence-corrected chi connectivity index (χ4v) is 3.47. The van der Waals surface area contributed by atoms with E-state index >= 15 is 0 Å². The van der Waals surface area contributed by atoms with Crippen LogP contribution in [0.3, 0.4) is 0 Å². The number of benzene rings is 1. The van der Waals surface area contributed by atoms with Crippen molar-refractivity contribution in [2.45, 2.75) is 58.5 Å². The molecule has 1 heteroatoms. The third kappa shape index (κ3) is 6.74. The normalized spacial score (nSPS) is 21.6. The molecule has 0 aliphatic heterocycles. The largest absolute Gasteiger partial charge is 0.376 e. The topological polar surface area (TPSA) is 9.23 Å². The summed E-state index contributed by atoms with van der Waals surface area (Å²) in [4.78, 5) is 0. The summed E-state index contributed by atoms with van der Waals surface area (Å²) in [5.74, 6) is 1.77. The number of aryl methyl sites for hydroxylation is 1. The summed E-state index contributed by atoms with van der Waals surface area (Å²) in [7, 11) is 0. The SMILES string of the molecule is C=CCCOCc1ccc(CC[C@H]2CC[C@H](/C=C\C)CC2)cc1. The second-order valence-electron chi connectivity index (χ2n) is 6.79. The highest BCUT2D eigenvalue weighted by Crippen LogP contribution is 2.32. The quantitative estimate of drug-likeness (QED) is 0.396. The Kier molecular flexibility index (Phi) is 8.17. The lowest BCUT2D eigenvalue weighted by Gasteiger charge is -2.26. The molecule has 0 spiro atoms. The zero-order chi connectivity index (χ0) is 16.3. The molecular weight excluding hydrogens is 280 g/mol. The molecule has 126 valence electrons. The first-order valence-electron chi connectivity index (χ1n) is 9.21. The van der Waals surface area contributed by atoms with Gasteiger partial charge in [-0.15, -0.1) is 6.58 Å². The van der Waals surface area contributed by atoms with Crippen molar-refractivity contribution in [3.05, 3.63) is 60.2 Å². The molecule has 1 aromatic carbocycles. The molecule has 1 saturated carbocycles. The molecule has 0 unspecified atom stereocenters. The van der Waals surface area contributed by atoms with Gasteiger partial charge in [-0.3, -0.25) is 0 Å². The van der Waals surface area contributed by atoms with Crippen LogP contribution in [0.25, 0.3) is 0 Å². The van der Waals surface area contributed by atoms with E-state index in [1.54, 1.807) is 0 Å². The maximum absolute atomic E-state index is 5.61. The summed E-state index contributed by atoms with van der Waals surface area (Å²) in [6.45, 7) is 7.32. The van der Waals surface area contributed by atoms with Crippen molar-refractivity contribution in [3.63, 3.8) is 0 Å². The van der Waals surface area contributed by atoms with Gasteiger partial charge in [0.05, 0.1) is 13.2 Å². The maximum Gasteiger partial charge on any atom is 0.0717 e. The highest BCUT2D eigenvalue weighted by Gasteiger charge is 2.18. The first kappa shape index (κ1) is 18.0. The van der Waals surface area contributed by atoms with E-state index in [1.807, 2.05) is 6.08 Å². The number of hydrogen-bond acceptors (Lipinski definition) is 1. The molecule has 0 amide bonds. The predicted octanol–water partition coefficient (Wildman–Crippen LogP) is 6.09. The highest BCUT2D eigenvalue weighted by molar-refractivity contribution is 5.22. The Morgan fingerprint density at radius 1 is 1.09 bits per heavy atom. The summed E-state index contributed by atoms with van der Waals surface area (Å²) in [6, 6.07) is 8.98. The van der Waals surface area contributed by atoms with Gasteiger partial charge in [0.1, 0.15) is 0 Å². The van der Waals surface area contributed by atoms with Gasteiger partial charge in [0.15, 0.2) is 0 Å². The van der Waals surface area contributed by atoms with Gasteiger partial charge in [0.25, 0.3) is 0 Å². The van der Waals surface area contributed by atoms with Crippen LogP contribution in [0.15, 0.2) is 49.1 Å². The van der Waals surface area contributed by atoms with E-state index in [0.29, 0.717) is 6.61 Å². The number of allylic oxidation sites excluding steroid dienone is 2. The Balaban J connectivity index is 1.67. The molecule has 23 heavy (non-hydrogen) atoms. The van der Waals surface area contributed by atoms with Crippen LogP contribution in [0, 0.1) is 11.8 Å². The minimum absolute atomic E-state index is 0.711. The van der Waals surface area contributed by atoms with Gasteiger partial charge in [0, 0.05) is 0 Å². The highest BCUT2D eigenvalue weighted by atomic mass is 16.5. The van der Waals surface area contributed by atoms with Crippen LogP contribution in [0.5, 0.6) is 0 Å². The summed E-state index contributed by atoms with van der Waals surface area (Å²) >= 11 is 0. The van der Waals surface area contributed by atoms with E-state index in [-0.39, 0.29) is 0 Å².